The Balaban J connectivity index is 1.60. The van der Waals surface area contributed by atoms with Crippen LogP contribution in [0.4, 0.5) is 5.69 Å². The molecule has 0 saturated carbocycles. The normalized spacial score (nSPS) is 24.4. The molecule has 1 amide bonds. The summed E-state index contributed by atoms with van der Waals surface area (Å²) >= 11 is 0. The lowest BCUT2D eigenvalue weighted by Crippen LogP contribution is -2.60. The molecule has 1 N–H and O–H groups in total. The predicted octanol–water partition coefficient (Wildman–Crippen LogP) is 3.39. The van der Waals surface area contributed by atoms with Crippen molar-refractivity contribution in [2.45, 2.75) is 57.7 Å². The maximum atomic E-state index is 14.5. The van der Waals surface area contributed by atoms with E-state index in [1.807, 2.05) is 43.1 Å². The van der Waals surface area contributed by atoms with E-state index in [9.17, 15) is 4.79 Å². The van der Waals surface area contributed by atoms with E-state index in [1.165, 1.54) is 0 Å². The molecular formula is C31H41N4O3P3. The number of hydrogen-bond donors (Lipinski definition) is 1. The van der Waals surface area contributed by atoms with Crippen molar-refractivity contribution < 1.29 is 13.9 Å². The Labute approximate surface area is 250 Å². The summed E-state index contributed by atoms with van der Waals surface area (Å²) in [4.78, 5) is 16.8. The minimum Gasteiger partial charge on any atom is -0.466 e. The molecule has 3 heterocycles. The van der Waals surface area contributed by atoms with Gasteiger partial charge < -0.3 is 14.5 Å². The number of carbonyl (C=O) groups excluding carboxylic acids is 1. The smallest absolute Gasteiger partial charge is 0.249 e. The molecule has 2 aromatic carbocycles. The Kier molecular flexibility index (Phi) is 8.52. The van der Waals surface area contributed by atoms with Crippen molar-refractivity contribution in [3.8, 4) is 0 Å². The summed E-state index contributed by atoms with van der Waals surface area (Å²) in [6.07, 6.45) is -0.107. The minimum atomic E-state index is -1.13. The van der Waals surface area contributed by atoms with Crippen LogP contribution < -0.4 is 26.2 Å². The van der Waals surface area contributed by atoms with Gasteiger partial charge in [-0.15, -0.1) is 27.7 Å². The van der Waals surface area contributed by atoms with Crippen LogP contribution in [0.1, 0.15) is 49.3 Å². The Hall–Kier alpha value is -2.13. The standard InChI is InChI=1S/C31H41N4O3P3/c1-18-7-10-22(25(40)13-18)28-27(24-12-8-19(2)38-24)31(5,35(33-28)23-11-9-21(39)14-26(23)41)29(36)32-15-20-16-34(6)30(3,4)17-37-20/h7-14,20,27H,15-17,39-41H2,1-6H3,(H,32,36). The average Bonchev–Trinajstić information content (AvgIpc) is 3.45. The van der Waals surface area contributed by atoms with Crippen molar-refractivity contribution >= 4 is 60.9 Å². The van der Waals surface area contributed by atoms with E-state index >= 15 is 0 Å². The van der Waals surface area contributed by atoms with E-state index in [1.54, 1.807) is 0 Å². The van der Waals surface area contributed by atoms with Gasteiger partial charge in [0.2, 0.25) is 5.91 Å². The van der Waals surface area contributed by atoms with Gasteiger partial charge in [-0.2, -0.15) is 5.10 Å². The second-order valence-electron chi connectivity index (χ2n) is 12.1. The molecule has 10 heteroatoms. The summed E-state index contributed by atoms with van der Waals surface area (Å²) in [6.45, 7) is 12.0. The first-order chi connectivity index (χ1) is 19.3. The molecule has 7 nitrogen and oxygen atoms in total. The van der Waals surface area contributed by atoms with Gasteiger partial charge in [0.15, 0.2) is 5.54 Å². The fraction of sp³-hybridized carbons (Fsp3) is 0.419. The highest BCUT2D eigenvalue weighted by Gasteiger charge is 2.56. The molecule has 1 saturated heterocycles. The lowest BCUT2D eigenvalue weighted by Gasteiger charge is -2.43. The molecule has 0 radical (unpaired) electrons. The molecule has 41 heavy (non-hydrogen) atoms. The summed E-state index contributed by atoms with van der Waals surface area (Å²) in [5, 5.41) is 13.4. The van der Waals surface area contributed by atoms with Gasteiger partial charge in [-0.25, -0.2) is 5.01 Å². The zero-order valence-electron chi connectivity index (χ0n) is 24.7. The highest BCUT2D eigenvalue weighted by atomic mass is 31.0. The Morgan fingerprint density at radius 2 is 1.80 bits per heavy atom. The van der Waals surface area contributed by atoms with Crippen LogP contribution in [-0.4, -0.2) is 60.4 Å². The van der Waals surface area contributed by atoms with Crippen LogP contribution in [-0.2, 0) is 9.53 Å². The van der Waals surface area contributed by atoms with E-state index in [2.05, 4.69) is 90.0 Å². The minimum absolute atomic E-state index is 0.0391. The summed E-state index contributed by atoms with van der Waals surface area (Å²) in [6, 6.07) is 16.3. The van der Waals surface area contributed by atoms with Crippen LogP contribution in [0.25, 0.3) is 0 Å². The molecule has 2 aliphatic rings. The maximum Gasteiger partial charge on any atom is 0.249 e. The van der Waals surface area contributed by atoms with Crippen molar-refractivity contribution in [2.75, 3.05) is 31.8 Å². The fourth-order valence-electron chi connectivity index (χ4n) is 5.65. The summed E-state index contributed by atoms with van der Waals surface area (Å²) in [7, 11) is 10.5. The number of nitrogens with one attached hydrogen (secondary N) is 1. The zero-order chi connectivity index (χ0) is 29.7. The van der Waals surface area contributed by atoms with Crippen molar-refractivity contribution in [3.63, 3.8) is 0 Å². The highest BCUT2D eigenvalue weighted by Crippen LogP contribution is 2.45. The molecule has 3 aromatic rings. The number of benzene rings is 2. The quantitative estimate of drug-likeness (QED) is 0.434. The van der Waals surface area contributed by atoms with Gasteiger partial charge in [-0.05, 0) is 81.8 Å². The second kappa shape index (κ2) is 11.5. The first-order valence-corrected chi connectivity index (χ1v) is 15.6. The molecule has 1 aromatic heterocycles. The number of nitrogens with zero attached hydrogens (tertiary/aromatic N) is 3. The predicted molar refractivity (Wildman–Crippen MR) is 179 cm³/mol. The fourth-order valence-corrected chi connectivity index (χ4v) is 7.03. The van der Waals surface area contributed by atoms with E-state index in [4.69, 9.17) is 14.3 Å². The van der Waals surface area contributed by atoms with E-state index < -0.39 is 11.5 Å². The Morgan fingerprint density at radius 1 is 1.05 bits per heavy atom. The Bertz CT molecular complexity index is 1500. The number of furan rings is 1. The van der Waals surface area contributed by atoms with Crippen LogP contribution in [0.3, 0.4) is 0 Å². The molecule has 0 spiro atoms. The van der Waals surface area contributed by atoms with Crippen molar-refractivity contribution in [2.24, 2.45) is 5.10 Å². The van der Waals surface area contributed by atoms with Crippen molar-refractivity contribution in [3.05, 3.63) is 71.2 Å². The number of likely N-dealkylation sites (N-methyl/N-ethyl adjacent to an activating group) is 1. The third kappa shape index (κ3) is 5.77. The van der Waals surface area contributed by atoms with Gasteiger partial charge in [-0.1, -0.05) is 29.8 Å². The highest BCUT2D eigenvalue weighted by molar-refractivity contribution is 7.29. The number of hydrazone groups is 1. The van der Waals surface area contributed by atoms with Crippen LogP contribution in [0.5, 0.6) is 0 Å². The number of morpholine rings is 1. The molecule has 5 rings (SSSR count). The third-order valence-corrected chi connectivity index (χ3v) is 9.72. The number of amides is 1. The summed E-state index contributed by atoms with van der Waals surface area (Å²) in [5.74, 6) is 0.890. The topological polar surface area (TPSA) is 70.3 Å². The number of rotatable bonds is 6. The van der Waals surface area contributed by atoms with Gasteiger partial charge in [0.25, 0.3) is 0 Å². The summed E-state index contributed by atoms with van der Waals surface area (Å²) in [5.41, 5.74) is 2.59. The molecule has 0 aliphatic carbocycles. The average molecular weight is 611 g/mol. The van der Waals surface area contributed by atoms with E-state index in [-0.39, 0.29) is 17.6 Å². The van der Waals surface area contributed by atoms with Gasteiger partial charge in [0.05, 0.1) is 30.0 Å². The van der Waals surface area contributed by atoms with Gasteiger partial charge in [0, 0.05) is 24.2 Å². The van der Waals surface area contributed by atoms with Crippen LogP contribution in [0.15, 0.2) is 58.0 Å². The molecule has 2 aliphatic heterocycles. The second-order valence-corrected chi connectivity index (χ2v) is 14.0. The number of aryl methyl sites for hydroxylation is 2. The van der Waals surface area contributed by atoms with Gasteiger partial charge in [-0.3, -0.25) is 9.69 Å². The van der Waals surface area contributed by atoms with E-state index in [0.717, 1.165) is 50.7 Å². The van der Waals surface area contributed by atoms with Gasteiger partial charge in [0.1, 0.15) is 11.5 Å². The van der Waals surface area contributed by atoms with Crippen LogP contribution in [0, 0.1) is 13.8 Å². The molecule has 6 atom stereocenters. The lowest BCUT2D eigenvalue weighted by atomic mass is 9.78. The monoisotopic (exact) mass is 610 g/mol. The zero-order valence-corrected chi connectivity index (χ0v) is 28.2. The number of hydrogen-bond acceptors (Lipinski definition) is 6. The maximum absolute atomic E-state index is 14.5. The molecule has 0 bridgehead atoms. The lowest BCUT2D eigenvalue weighted by molar-refractivity contribution is -0.128. The molecule has 6 unspecified atom stereocenters. The number of anilines is 1. The Morgan fingerprint density at radius 3 is 2.44 bits per heavy atom. The SMILES string of the molecule is Cc1ccc(C2=NN(c3ccc(P)cc3P)C(C)(C(=O)NCC3CN(C)C(C)(C)CO3)C2c2ccc(C)o2)c(P)c1. The van der Waals surface area contributed by atoms with Crippen LogP contribution >= 0.6 is 27.7 Å². The first-order valence-electron chi connectivity index (χ1n) is 13.9. The first kappa shape index (κ1) is 30.3. The van der Waals surface area contributed by atoms with Crippen LogP contribution in [0.2, 0.25) is 0 Å². The number of carbonyl (C=O) groups is 1. The molecular weight excluding hydrogens is 569 g/mol. The van der Waals surface area contributed by atoms with Gasteiger partial charge >= 0.3 is 0 Å². The van der Waals surface area contributed by atoms with Crippen molar-refractivity contribution in [1.29, 1.82) is 0 Å². The number of ether oxygens (including phenoxy) is 1. The van der Waals surface area contributed by atoms with E-state index in [0.29, 0.717) is 18.9 Å². The molecule has 1 fully saturated rings. The molecule has 218 valence electrons. The summed E-state index contributed by atoms with van der Waals surface area (Å²) < 4.78 is 12.4. The third-order valence-electron chi connectivity index (χ3n) is 8.42. The largest absolute Gasteiger partial charge is 0.466 e. The van der Waals surface area contributed by atoms with Crippen molar-refractivity contribution in [1.82, 2.24) is 10.2 Å².